The predicted molar refractivity (Wildman–Crippen MR) is 110 cm³/mol. The number of aromatic nitrogens is 2. The topological polar surface area (TPSA) is 112 Å². The van der Waals surface area contributed by atoms with Crippen LogP contribution in [0.3, 0.4) is 0 Å². The molecule has 2 aromatic carbocycles. The number of benzene rings is 2. The third-order valence-corrected chi connectivity index (χ3v) is 6.39. The van der Waals surface area contributed by atoms with Gasteiger partial charge in [0, 0.05) is 13.1 Å². The normalized spacial score (nSPS) is 14.3. The second-order valence-corrected chi connectivity index (χ2v) is 8.62. The van der Waals surface area contributed by atoms with E-state index in [1.54, 1.807) is 13.0 Å². The van der Waals surface area contributed by atoms with Crippen molar-refractivity contribution in [2.45, 2.75) is 24.7 Å². The highest BCUT2D eigenvalue weighted by atomic mass is 32.2. The van der Waals surface area contributed by atoms with E-state index in [-0.39, 0.29) is 16.3 Å². The number of para-hydroxylation sites is 2. The van der Waals surface area contributed by atoms with Crippen LogP contribution in [0.15, 0.2) is 47.4 Å². The Kier molecular flexibility index (Phi) is 4.83. The minimum absolute atomic E-state index is 0.0969. The number of nitrogens with zero attached hydrogens (tertiary/aromatic N) is 3. The Morgan fingerprint density at radius 3 is 2.38 bits per heavy atom. The number of carbonyl (C=O) groups is 1. The third kappa shape index (κ3) is 3.73. The maximum absolute atomic E-state index is 13.1. The average molecular weight is 412 g/mol. The second kappa shape index (κ2) is 7.32. The van der Waals surface area contributed by atoms with Gasteiger partial charge in [-0.2, -0.15) is 0 Å². The van der Waals surface area contributed by atoms with Gasteiger partial charge in [0.15, 0.2) is 11.6 Å². The van der Waals surface area contributed by atoms with E-state index in [4.69, 9.17) is 0 Å². The van der Waals surface area contributed by atoms with Gasteiger partial charge in [0.2, 0.25) is 0 Å². The van der Waals surface area contributed by atoms with Crippen molar-refractivity contribution >= 4 is 38.7 Å². The van der Waals surface area contributed by atoms with E-state index >= 15 is 0 Å². The highest BCUT2D eigenvalue weighted by Crippen LogP contribution is 2.30. The summed E-state index contributed by atoms with van der Waals surface area (Å²) in [5.41, 5.74) is 1.60. The zero-order valence-corrected chi connectivity index (χ0v) is 16.6. The molecule has 150 valence electrons. The molecule has 4 rings (SSSR count). The molecule has 2 heterocycles. The number of anilines is 2. The Morgan fingerprint density at radius 2 is 1.72 bits per heavy atom. The molecule has 1 saturated heterocycles. The molecule has 0 saturated carbocycles. The number of carboxylic acid groups (broad SMARTS) is 1. The van der Waals surface area contributed by atoms with Crippen molar-refractivity contribution in [3.05, 3.63) is 53.6 Å². The monoisotopic (exact) mass is 412 g/mol. The Labute approximate surface area is 168 Å². The number of carboxylic acids is 1. The van der Waals surface area contributed by atoms with Crippen LogP contribution in [0, 0.1) is 6.92 Å². The molecule has 1 aliphatic rings. The lowest BCUT2D eigenvalue weighted by molar-refractivity contribution is 0.0696. The lowest BCUT2D eigenvalue weighted by Crippen LogP contribution is -2.24. The molecule has 1 aromatic heterocycles. The van der Waals surface area contributed by atoms with Gasteiger partial charge in [-0.15, -0.1) is 0 Å². The van der Waals surface area contributed by atoms with Gasteiger partial charge < -0.3 is 10.0 Å². The third-order valence-electron chi connectivity index (χ3n) is 4.91. The zero-order chi connectivity index (χ0) is 20.6. The first-order chi connectivity index (χ1) is 13.8. The molecule has 2 N–H and O–H groups in total. The van der Waals surface area contributed by atoms with Crippen LogP contribution in [0.2, 0.25) is 0 Å². The highest BCUT2D eigenvalue weighted by molar-refractivity contribution is 7.92. The molecule has 0 bridgehead atoms. The van der Waals surface area contributed by atoms with Gasteiger partial charge in [-0.3, -0.25) is 4.72 Å². The van der Waals surface area contributed by atoms with Gasteiger partial charge >= 0.3 is 5.97 Å². The van der Waals surface area contributed by atoms with Crippen molar-refractivity contribution < 1.29 is 18.3 Å². The molecule has 0 spiro atoms. The molecule has 29 heavy (non-hydrogen) atoms. The van der Waals surface area contributed by atoms with E-state index in [1.807, 2.05) is 23.1 Å². The number of aryl methyl sites for hydroxylation is 1. The maximum atomic E-state index is 13.1. The fourth-order valence-corrected chi connectivity index (χ4v) is 4.69. The van der Waals surface area contributed by atoms with Crippen molar-refractivity contribution in [1.82, 2.24) is 9.97 Å². The predicted octanol–water partition coefficient (Wildman–Crippen LogP) is 3.04. The fourth-order valence-electron chi connectivity index (χ4n) is 3.41. The Hall–Kier alpha value is -3.20. The number of fused-ring (bicyclic) bond motifs is 1. The zero-order valence-electron chi connectivity index (χ0n) is 15.8. The number of rotatable bonds is 5. The largest absolute Gasteiger partial charge is 0.478 e. The van der Waals surface area contributed by atoms with Gasteiger partial charge in [-0.25, -0.2) is 23.2 Å². The number of sulfonamides is 1. The van der Waals surface area contributed by atoms with E-state index in [0.29, 0.717) is 22.4 Å². The second-order valence-electron chi connectivity index (χ2n) is 6.97. The number of aromatic carboxylic acids is 1. The van der Waals surface area contributed by atoms with Gasteiger partial charge in [0.25, 0.3) is 10.0 Å². The van der Waals surface area contributed by atoms with Crippen LogP contribution in [0.5, 0.6) is 0 Å². The number of hydrogen-bond donors (Lipinski definition) is 2. The van der Waals surface area contributed by atoms with Gasteiger partial charge in [0.05, 0.1) is 21.5 Å². The summed E-state index contributed by atoms with van der Waals surface area (Å²) in [5.74, 6) is -0.563. The standard InChI is InChI=1S/C20H20N4O4S/c1-13-8-9-14(20(25)26)12-17(13)29(27,28)23-18-19(24-10-4-5-11-24)22-16-7-3-2-6-15(16)21-18/h2-3,6-9,12H,4-5,10-11H2,1H3,(H,21,23)(H,25,26). The van der Waals surface area contributed by atoms with E-state index < -0.39 is 16.0 Å². The lowest BCUT2D eigenvalue weighted by atomic mass is 10.1. The SMILES string of the molecule is Cc1ccc(C(=O)O)cc1S(=O)(=O)Nc1nc2ccccc2nc1N1CCCC1. The molecule has 3 aromatic rings. The molecule has 1 aliphatic heterocycles. The van der Waals surface area contributed by atoms with Gasteiger partial charge in [-0.1, -0.05) is 18.2 Å². The molecule has 8 nitrogen and oxygen atoms in total. The minimum atomic E-state index is -4.06. The van der Waals surface area contributed by atoms with Crippen LogP contribution in [-0.4, -0.2) is 42.6 Å². The molecule has 0 atom stereocenters. The van der Waals surface area contributed by atoms with Crippen molar-refractivity contribution in [3.8, 4) is 0 Å². The van der Waals surface area contributed by atoms with Crippen LogP contribution in [0.1, 0.15) is 28.8 Å². The lowest BCUT2D eigenvalue weighted by Gasteiger charge is -2.21. The summed E-state index contributed by atoms with van der Waals surface area (Å²) in [5, 5.41) is 9.22. The van der Waals surface area contributed by atoms with Crippen LogP contribution < -0.4 is 9.62 Å². The summed E-state index contributed by atoms with van der Waals surface area (Å²) < 4.78 is 28.8. The van der Waals surface area contributed by atoms with E-state index in [2.05, 4.69) is 14.7 Å². The van der Waals surface area contributed by atoms with Gasteiger partial charge in [0.1, 0.15) is 0 Å². The van der Waals surface area contributed by atoms with E-state index in [9.17, 15) is 18.3 Å². The Bertz CT molecular complexity index is 1200. The summed E-state index contributed by atoms with van der Waals surface area (Å²) in [4.78, 5) is 22.3. The summed E-state index contributed by atoms with van der Waals surface area (Å²) in [7, 11) is -4.06. The van der Waals surface area contributed by atoms with Gasteiger partial charge in [-0.05, 0) is 49.6 Å². The number of hydrogen-bond acceptors (Lipinski definition) is 6. The van der Waals surface area contributed by atoms with E-state index in [1.165, 1.54) is 12.1 Å². The fraction of sp³-hybridized carbons (Fsp3) is 0.250. The summed E-state index contributed by atoms with van der Waals surface area (Å²) in [6, 6.07) is 11.3. The molecule has 0 radical (unpaired) electrons. The van der Waals surface area contributed by atoms with Crippen molar-refractivity contribution in [2.75, 3.05) is 22.7 Å². The smallest absolute Gasteiger partial charge is 0.335 e. The van der Waals surface area contributed by atoms with Crippen LogP contribution >= 0.6 is 0 Å². The number of nitrogens with one attached hydrogen (secondary N) is 1. The molecular formula is C20H20N4O4S. The van der Waals surface area contributed by atoms with Crippen LogP contribution in [-0.2, 0) is 10.0 Å². The van der Waals surface area contributed by atoms with Crippen molar-refractivity contribution in [3.63, 3.8) is 0 Å². The highest BCUT2D eigenvalue weighted by Gasteiger charge is 2.25. The van der Waals surface area contributed by atoms with E-state index in [0.717, 1.165) is 32.0 Å². The molecule has 0 amide bonds. The first kappa shape index (κ1) is 19.1. The van der Waals surface area contributed by atoms with Crippen molar-refractivity contribution in [2.24, 2.45) is 0 Å². The summed E-state index contributed by atoms with van der Waals surface area (Å²) in [6.45, 7) is 3.16. The Morgan fingerprint density at radius 1 is 1.07 bits per heavy atom. The summed E-state index contributed by atoms with van der Waals surface area (Å²) >= 11 is 0. The molecule has 1 fully saturated rings. The first-order valence-corrected chi connectivity index (χ1v) is 10.7. The first-order valence-electron chi connectivity index (χ1n) is 9.24. The minimum Gasteiger partial charge on any atom is -0.478 e. The molecule has 9 heteroatoms. The quantitative estimate of drug-likeness (QED) is 0.662. The molecular weight excluding hydrogens is 392 g/mol. The Balaban J connectivity index is 1.81. The summed E-state index contributed by atoms with van der Waals surface area (Å²) in [6.07, 6.45) is 2.00. The maximum Gasteiger partial charge on any atom is 0.335 e. The van der Waals surface area contributed by atoms with Crippen LogP contribution in [0.25, 0.3) is 11.0 Å². The van der Waals surface area contributed by atoms with Crippen molar-refractivity contribution in [1.29, 1.82) is 0 Å². The molecule has 0 unspecified atom stereocenters. The van der Waals surface area contributed by atoms with Crippen LogP contribution in [0.4, 0.5) is 11.6 Å². The molecule has 0 aliphatic carbocycles. The average Bonchev–Trinajstić information content (AvgIpc) is 3.21.